The first kappa shape index (κ1) is 23.2. The molecule has 0 spiro atoms. The van der Waals surface area contributed by atoms with Gasteiger partial charge in [0, 0.05) is 6.54 Å². The fourth-order valence-corrected chi connectivity index (χ4v) is 3.71. The third kappa shape index (κ3) is 7.73. The van der Waals surface area contributed by atoms with E-state index in [9.17, 15) is 0 Å². The van der Waals surface area contributed by atoms with Crippen LogP contribution in [-0.2, 0) is 0 Å². The number of anilines is 2. The van der Waals surface area contributed by atoms with Crippen molar-refractivity contribution in [1.82, 2.24) is 10.3 Å². The van der Waals surface area contributed by atoms with Gasteiger partial charge in [0.1, 0.15) is 5.82 Å². The minimum Gasteiger partial charge on any atom is -0.412 e. The van der Waals surface area contributed by atoms with Crippen LogP contribution in [0.2, 0.25) is 0 Å². The van der Waals surface area contributed by atoms with E-state index < -0.39 is 0 Å². The third-order valence-corrected chi connectivity index (χ3v) is 5.17. The average Bonchev–Trinajstić information content (AvgIpc) is 2.74. The molecule has 152 valence electrons. The largest absolute Gasteiger partial charge is 0.412 e. The molecule has 5 nitrogen and oxygen atoms in total. The standard InChI is InChI=1S/C20H30N4.C2H6.H2O/c1-21-15-24-20-12-11-19(14-23-20)22-13-16-7-9-18(10-8-16)17-5-3-2-4-6-17;1-2;/h7-9,11-12,14,17-18,21-22H,2-6,10,13,15H2,1H3,(H,23,24);1-2H3;1H2. The van der Waals surface area contributed by atoms with Crippen LogP contribution < -0.4 is 16.0 Å². The maximum atomic E-state index is 4.40. The van der Waals surface area contributed by atoms with Crippen molar-refractivity contribution < 1.29 is 5.48 Å². The van der Waals surface area contributed by atoms with Crippen LogP contribution in [0, 0.1) is 11.8 Å². The van der Waals surface area contributed by atoms with E-state index in [4.69, 9.17) is 0 Å². The lowest BCUT2D eigenvalue weighted by atomic mass is 9.77. The van der Waals surface area contributed by atoms with Crippen LogP contribution in [0.15, 0.2) is 42.1 Å². The number of pyridine rings is 1. The molecule has 1 aromatic heterocycles. The van der Waals surface area contributed by atoms with E-state index in [0.717, 1.165) is 36.6 Å². The Morgan fingerprint density at radius 1 is 1.07 bits per heavy atom. The Balaban J connectivity index is 0.00000118. The molecule has 1 unspecified atom stereocenters. The monoisotopic (exact) mass is 374 g/mol. The van der Waals surface area contributed by atoms with Gasteiger partial charge in [0.2, 0.25) is 0 Å². The Bertz CT molecular complexity index is 562. The van der Waals surface area contributed by atoms with Crippen LogP contribution in [0.4, 0.5) is 11.5 Å². The van der Waals surface area contributed by atoms with Gasteiger partial charge < -0.3 is 21.4 Å². The summed E-state index contributed by atoms with van der Waals surface area (Å²) in [7, 11) is 1.91. The quantitative estimate of drug-likeness (QED) is 0.619. The van der Waals surface area contributed by atoms with E-state index in [1.54, 1.807) is 0 Å². The molecule has 0 amide bonds. The number of hydrogen-bond acceptors (Lipinski definition) is 4. The van der Waals surface area contributed by atoms with E-state index in [-0.39, 0.29) is 5.48 Å². The fraction of sp³-hybridized carbons (Fsp3) is 0.591. The molecule has 1 saturated carbocycles. The predicted octanol–water partition coefficient (Wildman–Crippen LogP) is 4.37. The minimum atomic E-state index is 0. The smallest absolute Gasteiger partial charge is 0.127 e. The van der Waals surface area contributed by atoms with Crippen molar-refractivity contribution in [1.29, 1.82) is 0 Å². The molecule has 0 aromatic carbocycles. The summed E-state index contributed by atoms with van der Waals surface area (Å²) >= 11 is 0. The molecular weight excluding hydrogens is 336 g/mol. The summed E-state index contributed by atoms with van der Waals surface area (Å²) in [6, 6.07) is 4.08. The molecule has 1 atom stereocenters. The van der Waals surface area contributed by atoms with Crippen molar-refractivity contribution in [3.63, 3.8) is 0 Å². The van der Waals surface area contributed by atoms with Crippen molar-refractivity contribution in [2.24, 2.45) is 11.8 Å². The lowest BCUT2D eigenvalue weighted by Crippen LogP contribution is -2.18. The van der Waals surface area contributed by atoms with E-state index in [2.05, 4.69) is 45.2 Å². The van der Waals surface area contributed by atoms with Crippen LogP contribution in [0.5, 0.6) is 0 Å². The van der Waals surface area contributed by atoms with Crippen LogP contribution in [0.25, 0.3) is 0 Å². The summed E-state index contributed by atoms with van der Waals surface area (Å²) in [5.74, 6) is 2.58. The second-order valence-electron chi connectivity index (χ2n) is 6.93. The van der Waals surface area contributed by atoms with E-state index >= 15 is 0 Å². The van der Waals surface area contributed by atoms with E-state index in [1.165, 1.54) is 44.1 Å². The van der Waals surface area contributed by atoms with Gasteiger partial charge in [-0.25, -0.2) is 4.98 Å². The Labute approximate surface area is 165 Å². The molecular formula is C22H38N4O. The normalized spacial score (nSPS) is 19.2. The Morgan fingerprint density at radius 3 is 2.44 bits per heavy atom. The molecule has 0 saturated heterocycles. The molecule has 5 heteroatoms. The fourth-order valence-electron chi connectivity index (χ4n) is 3.71. The zero-order valence-corrected chi connectivity index (χ0v) is 17.2. The molecule has 3 rings (SSSR count). The molecule has 1 fully saturated rings. The number of nitrogens with one attached hydrogen (secondary N) is 3. The summed E-state index contributed by atoms with van der Waals surface area (Å²) in [4.78, 5) is 4.40. The molecule has 5 N–H and O–H groups in total. The SMILES string of the molecule is CC.CNCNc1ccc(NCC2=CCC(C3CCCCC3)C=C2)cn1.O. The maximum absolute atomic E-state index is 4.40. The third-order valence-electron chi connectivity index (χ3n) is 5.17. The number of hydrogen-bond donors (Lipinski definition) is 3. The molecule has 1 heterocycles. The van der Waals surface area contributed by atoms with Gasteiger partial charge in [-0.2, -0.15) is 0 Å². The second kappa shape index (κ2) is 13.3. The van der Waals surface area contributed by atoms with Crippen LogP contribution in [0.1, 0.15) is 52.4 Å². The maximum Gasteiger partial charge on any atom is 0.127 e. The van der Waals surface area contributed by atoms with Gasteiger partial charge in [-0.15, -0.1) is 0 Å². The first-order valence-electron chi connectivity index (χ1n) is 10.3. The second-order valence-corrected chi connectivity index (χ2v) is 6.93. The van der Waals surface area contributed by atoms with Crippen molar-refractivity contribution >= 4 is 11.5 Å². The Kier molecular flexibility index (Phi) is 11.5. The summed E-state index contributed by atoms with van der Waals surface area (Å²) in [6.45, 7) is 5.60. The lowest BCUT2D eigenvalue weighted by molar-refractivity contribution is 0.285. The zero-order valence-electron chi connectivity index (χ0n) is 17.2. The van der Waals surface area contributed by atoms with E-state index in [1.807, 2.05) is 33.2 Å². The van der Waals surface area contributed by atoms with Crippen LogP contribution >= 0.6 is 0 Å². The van der Waals surface area contributed by atoms with Gasteiger partial charge in [-0.05, 0) is 55.9 Å². The summed E-state index contributed by atoms with van der Waals surface area (Å²) < 4.78 is 0. The average molecular weight is 375 g/mol. The van der Waals surface area contributed by atoms with Crippen molar-refractivity contribution in [2.75, 3.05) is 30.9 Å². The van der Waals surface area contributed by atoms with Crippen LogP contribution in [-0.4, -0.2) is 30.7 Å². The van der Waals surface area contributed by atoms with Gasteiger partial charge >= 0.3 is 0 Å². The molecule has 2 aliphatic rings. The number of nitrogens with zero attached hydrogens (tertiary/aromatic N) is 1. The molecule has 0 bridgehead atoms. The summed E-state index contributed by atoms with van der Waals surface area (Å²) in [5, 5.41) is 9.70. The van der Waals surface area contributed by atoms with Crippen molar-refractivity contribution in [3.05, 3.63) is 42.1 Å². The van der Waals surface area contributed by atoms with Gasteiger partial charge in [-0.3, -0.25) is 0 Å². The lowest BCUT2D eigenvalue weighted by Gasteiger charge is -2.29. The van der Waals surface area contributed by atoms with Gasteiger partial charge in [0.15, 0.2) is 0 Å². The van der Waals surface area contributed by atoms with Gasteiger partial charge in [0.25, 0.3) is 0 Å². The highest BCUT2D eigenvalue weighted by Gasteiger charge is 2.22. The number of rotatable bonds is 7. The van der Waals surface area contributed by atoms with Gasteiger partial charge in [0.05, 0.1) is 18.6 Å². The molecule has 1 aromatic rings. The first-order chi connectivity index (χ1) is 12.8. The minimum absolute atomic E-state index is 0. The van der Waals surface area contributed by atoms with E-state index in [0.29, 0.717) is 0 Å². The topological polar surface area (TPSA) is 80.5 Å². The highest BCUT2D eigenvalue weighted by atomic mass is 16.0. The van der Waals surface area contributed by atoms with Gasteiger partial charge in [-0.1, -0.05) is 51.3 Å². The highest BCUT2D eigenvalue weighted by molar-refractivity contribution is 5.48. The predicted molar refractivity (Wildman–Crippen MR) is 117 cm³/mol. The van der Waals surface area contributed by atoms with Crippen LogP contribution in [0.3, 0.4) is 0 Å². The summed E-state index contributed by atoms with van der Waals surface area (Å²) in [6.07, 6.45) is 17.4. The Hall–Kier alpha value is -1.85. The molecule has 2 aliphatic carbocycles. The highest BCUT2D eigenvalue weighted by Crippen LogP contribution is 2.34. The summed E-state index contributed by atoms with van der Waals surface area (Å²) in [5.41, 5.74) is 2.45. The van der Waals surface area contributed by atoms with Crippen molar-refractivity contribution in [3.8, 4) is 0 Å². The zero-order chi connectivity index (χ0) is 18.6. The molecule has 0 aliphatic heterocycles. The van der Waals surface area contributed by atoms with Crippen molar-refractivity contribution in [2.45, 2.75) is 52.4 Å². The first-order valence-corrected chi connectivity index (χ1v) is 10.3. The molecule has 0 radical (unpaired) electrons. The molecule has 27 heavy (non-hydrogen) atoms. The Morgan fingerprint density at radius 2 is 1.85 bits per heavy atom. The number of aromatic nitrogens is 1. The number of allylic oxidation sites excluding steroid dienone is 2.